The van der Waals surface area contributed by atoms with E-state index in [-0.39, 0.29) is 12.1 Å². The Hall–Kier alpha value is -1.37. The fraction of sp³-hybridized carbons (Fsp3) is 0.357. The highest BCUT2D eigenvalue weighted by Gasteiger charge is 2.21. The molecule has 1 aromatic carbocycles. The number of halogens is 1. The second kappa shape index (κ2) is 6.88. The van der Waals surface area contributed by atoms with Gasteiger partial charge in [-0.25, -0.2) is 5.43 Å². The normalized spacial score (nSPS) is 12.7. The van der Waals surface area contributed by atoms with Crippen molar-refractivity contribution in [2.75, 3.05) is 6.61 Å². The van der Waals surface area contributed by atoms with Crippen molar-refractivity contribution in [1.82, 2.24) is 15.2 Å². The summed E-state index contributed by atoms with van der Waals surface area (Å²) in [5.41, 5.74) is 3.78. The molecular formula is C14H19BrN4O. The Balaban J connectivity index is 2.14. The Morgan fingerprint density at radius 1 is 1.35 bits per heavy atom. The van der Waals surface area contributed by atoms with Gasteiger partial charge in [0.25, 0.3) is 0 Å². The fourth-order valence-electron chi connectivity index (χ4n) is 1.99. The summed E-state index contributed by atoms with van der Waals surface area (Å²) < 4.78 is 8.62. The number of hydrazine groups is 1. The Bertz CT molecular complexity index is 541. The number of para-hydroxylation sites is 1. The standard InChI is InChI=1S/C14H19BrN4O/c1-10(2)19-14(12(15)8-17-19)13(18-16)9-20-11-6-4-3-5-7-11/h3-8,10,13,18H,9,16H2,1-2H3. The number of benzene rings is 1. The van der Waals surface area contributed by atoms with Gasteiger partial charge < -0.3 is 4.74 Å². The van der Waals surface area contributed by atoms with Gasteiger partial charge in [0, 0.05) is 6.04 Å². The van der Waals surface area contributed by atoms with Crippen LogP contribution in [-0.2, 0) is 0 Å². The van der Waals surface area contributed by atoms with Crippen LogP contribution in [0.2, 0.25) is 0 Å². The van der Waals surface area contributed by atoms with E-state index in [1.807, 2.05) is 35.0 Å². The van der Waals surface area contributed by atoms with Crippen LogP contribution in [0.3, 0.4) is 0 Å². The van der Waals surface area contributed by atoms with Gasteiger partial charge in [-0.15, -0.1) is 0 Å². The zero-order chi connectivity index (χ0) is 14.5. The van der Waals surface area contributed by atoms with Gasteiger partial charge in [-0.05, 0) is 41.9 Å². The average Bonchev–Trinajstić information content (AvgIpc) is 2.83. The van der Waals surface area contributed by atoms with E-state index in [4.69, 9.17) is 10.6 Å². The van der Waals surface area contributed by atoms with Gasteiger partial charge in [-0.2, -0.15) is 5.10 Å². The molecule has 2 rings (SSSR count). The minimum absolute atomic E-state index is 0.144. The number of ether oxygens (including phenoxy) is 1. The second-order valence-electron chi connectivity index (χ2n) is 4.76. The molecule has 20 heavy (non-hydrogen) atoms. The molecule has 0 radical (unpaired) electrons. The van der Waals surface area contributed by atoms with E-state index < -0.39 is 0 Å². The summed E-state index contributed by atoms with van der Waals surface area (Å²) in [5, 5.41) is 4.36. The summed E-state index contributed by atoms with van der Waals surface area (Å²) in [5.74, 6) is 6.49. The van der Waals surface area contributed by atoms with Crippen molar-refractivity contribution in [1.29, 1.82) is 0 Å². The lowest BCUT2D eigenvalue weighted by Gasteiger charge is -2.20. The minimum atomic E-state index is -0.144. The molecular weight excluding hydrogens is 320 g/mol. The highest BCUT2D eigenvalue weighted by molar-refractivity contribution is 9.10. The topological polar surface area (TPSA) is 65.1 Å². The smallest absolute Gasteiger partial charge is 0.119 e. The summed E-state index contributed by atoms with van der Waals surface area (Å²) in [4.78, 5) is 0. The molecule has 6 heteroatoms. The minimum Gasteiger partial charge on any atom is -0.491 e. The Morgan fingerprint density at radius 3 is 2.65 bits per heavy atom. The zero-order valence-corrected chi connectivity index (χ0v) is 13.2. The van der Waals surface area contributed by atoms with Crippen molar-refractivity contribution in [3.05, 3.63) is 46.7 Å². The lowest BCUT2D eigenvalue weighted by molar-refractivity contribution is 0.257. The number of nitrogens with zero attached hydrogens (tertiary/aromatic N) is 2. The molecule has 0 aliphatic carbocycles. The molecule has 0 amide bonds. The van der Waals surface area contributed by atoms with Crippen LogP contribution in [0, 0.1) is 0 Å². The predicted molar refractivity (Wildman–Crippen MR) is 82.3 cm³/mol. The lowest BCUT2D eigenvalue weighted by atomic mass is 10.2. The first-order chi connectivity index (χ1) is 9.63. The Morgan fingerprint density at radius 2 is 2.05 bits per heavy atom. The first-order valence-electron chi connectivity index (χ1n) is 6.50. The molecule has 3 N–H and O–H groups in total. The quantitative estimate of drug-likeness (QED) is 0.627. The number of nitrogens with two attached hydrogens (primary N) is 1. The summed E-state index contributed by atoms with van der Waals surface area (Å²) in [7, 11) is 0. The van der Waals surface area contributed by atoms with Gasteiger partial charge in [0.05, 0.1) is 22.4 Å². The van der Waals surface area contributed by atoms with E-state index in [2.05, 4.69) is 40.3 Å². The Labute approximate surface area is 127 Å². The molecule has 0 spiro atoms. The fourth-order valence-corrected chi connectivity index (χ4v) is 2.54. The van der Waals surface area contributed by atoms with E-state index in [0.717, 1.165) is 15.9 Å². The molecule has 1 heterocycles. The van der Waals surface area contributed by atoms with Gasteiger partial charge in [0.2, 0.25) is 0 Å². The number of rotatable bonds is 6. The third-order valence-corrected chi connectivity index (χ3v) is 3.58. The SMILES string of the molecule is CC(C)n1ncc(Br)c1C(COc1ccccc1)NN. The van der Waals surface area contributed by atoms with Crippen molar-refractivity contribution in [3.8, 4) is 5.75 Å². The summed E-state index contributed by atoms with van der Waals surface area (Å²) in [6, 6.07) is 9.78. The number of hydrogen-bond donors (Lipinski definition) is 2. The maximum absolute atomic E-state index is 5.77. The third-order valence-electron chi connectivity index (χ3n) is 2.97. The van der Waals surface area contributed by atoms with Crippen LogP contribution in [0.25, 0.3) is 0 Å². The largest absolute Gasteiger partial charge is 0.491 e. The molecule has 0 bridgehead atoms. The molecule has 0 fully saturated rings. The van der Waals surface area contributed by atoms with Crippen molar-refractivity contribution in [2.45, 2.75) is 25.9 Å². The molecule has 0 saturated heterocycles. The first-order valence-corrected chi connectivity index (χ1v) is 7.29. The van der Waals surface area contributed by atoms with Crippen molar-refractivity contribution >= 4 is 15.9 Å². The van der Waals surface area contributed by atoms with Gasteiger partial charge in [0.15, 0.2) is 0 Å². The van der Waals surface area contributed by atoms with Gasteiger partial charge in [0.1, 0.15) is 12.4 Å². The predicted octanol–water partition coefficient (Wildman–Crippen LogP) is 2.81. The highest BCUT2D eigenvalue weighted by atomic mass is 79.9. The van der Waals surface area contributed by atoms with Gasteiger partial charge in [-0.1, -0.05) is 18.2 Å². The van der Waals surface area contributed by atoms with Crippen LogP contribution in [0.15, 0.2) is 41.0 Å². The monoisotopic (exact) mass is 338 g/mol. The van der Waals surface area contributed by atoms with Crippen LogP contribution in [0.5, 0.6) is 5.75 Å². The lowest BCUT2D eigenvalue weighted by Crippen LogP contribution is -2.34. The van der Waals surface area contributed by atoms with Gasteiger partial charge in [-0.3, -0.25) is 10.5 Å². The molecule has 0 aliphatic heterocycles. The van der Waals surface area contributed by atoms with E-state index in [0.29, 0.717) is 6.61 Å². The molecule has 0 aliphatic rings. The molecule has 108 valence electrons. The molecule has 1 aromatic heterocycles. The molecule has 0 saturated carbocycles. The maximum Gasteiger partial charge on any atom is 0.119 e. The third kappa shape index (κ3) is 3.39. The first kappa shape index (κ1) is 15.0. The number of hydrogen-bond acceptors (Lipinski definition) is 4. The van der Waals surface area contributed by atoms with Crippen LogP contribution in [-0.4, -0.2) is 16.4 Å². The molecule has 5 nitrogen and oxygen atoms in total. The summed E-state index contributed by atoms with van der Waals surface area (Å²) >= 11 is 3.52. The number of nitrogens with one attached hydrogen (secondary N) is 1. The van der Waals surface area contributed by atoms with Crippen LogP contribution in [0.1, 0.15) is 31.6 Å². The zero-order valence-electron chi connectivity index (χ0n) is 11.6. The van der Waals surface area contributed by atoms with Crippen molar-refractivity contribution in [2.24, 2.45) is 5.84 Å². The van der Waals surface area contributed by atoms with Crippen LogP contribution < -0.4 is 16.0 Å². The second-order valence-corrected chi connectivity index (χ2v) is 5.61. The van der Waals surface area contributed by atoms with E-state index >= 15 is 0 Å². The van der Waals surface area contributed by atoms with E-state index in [1.54, 1.807) is 6.20 Å². The molecule has 2 aromatic rings. The van der Waals surface area contributed by atoms with Crippen molar-refractivity contribution < 1.29 is 4.74 Å². The van der Waals surface area contributed by atoms with Crippen LogP contribution in [0.4, 0.5) is 0 Å². The Kier molecular flexibility index (Phi) is 5.17. The summed E-state index contributed by atoms with van der Waals surface area (Å²) in [6.45, 7) is 4.58. The molecule has 1 unspecified atom stereocenters. The van der Waals surface area contributed by atoms with Crippen molar-refractivity contribution in [3.63, 3.8) is 0 Å². The van der Waals surface area contributed by atoms with E-state index in [1.165, 1.54) is 0 Å². The number of aromatic nitrogens is 2. The summed E-state index contributed by atoms with van der Waals surface area (Å²) in [6.07, 6.45) is 1.78. The van der Waals surface area contributed by atoms with Gasteiger partial charge >= 0.3 is 0 Å². The van der Waals surface area contributed by atoms with Crippen LogP contribution >= 0.6 is 15.9 Å². The van der Waals surface area contributed by atoms with E-state index in [9.17, 15) is 0 Å². The molecule has 1 atom stereocenters. The maximum atomic E-state index is 5.77. The average molecular weight is 339 g/mol. The highest BCUT2D eigenvalue weighted by Crippen LogP contribution is 2.26.